The maximum Gasteiger partial charge on any atom is -0.00851 e. The molecule has 0 amide bonds. The fourth-order valence-electron chi connectivity index (χ4n) is 8.43. The Morgan fingerprint density at radius 3 is 2.57 bits per heavy atom. The Morgan fingerprint density at radius 2 is 1.82 bits per heavy atom. The summed E-state index contributed by atoms with van der Waals surface area (Å²) in [4.78, 5) is 0. The van der Waals surface area contributed by atoms with Gasteiger partial charge in [-0.05, 0) is 110 Å². The minimum absolute atomic E-state index is 0.549. The minimum Gasteiger partial charge on any atom is -0.0845 e. The highest BCUT2D eigenvalue weighted by molar-refractivity contribution is 5.24. The van der Waals surface area contributed by atoms with Gasteiger partial charge in [0.15, 0.2) is 0 Å². The zero-order valence-electron chi connectivity index (χ0n) is 19.9. The summed E-state index contributed by atoms with van der Waals surface area (Å²) >= 11 is 0. The Balaban J connectivity index is 1.46. The van der Waals surface area contributed by atoms with Gasteiger partial charge in [-0.15, -0.1) is 0 Å². The molecule has 3 saturated carbocycles. The van der Waals surface area contributed by atoms with Gasteiger partial charge in [0.1, 0.15) is 0 Å². The first kappa shape index (κ1) is 21.0. The molecule has 28 heavy (non-hydrogen) atoms. The molecule has 7 unspecified atom stereocenters. The van der Waals surface area contributed by atoms with E-state index in [1.165, 1.54) is 77.0 Å². The first-order chi connectivity index (χ1) is 13.2. The van der Waals surface area contributed by atoms with Crippen molar-refractivity contribution in [2.75, 3.05) is 0 Å². The molecule has 0 aromatic heterocycles. The molecule has 0 N–H and O–H groups in total. The second kappa shape index (κ2) is 7.46. The molecule has 0 aromatic rings. The Kier molecular flexibility index (Phi) is 5.59. The van der Waals surface area contributed by atoms with Crippen LogP contribution in [0, 0.1) is 45.8 Å². The van der Waals surface area contributed by atoms with Crippen molar-refractivity contribution in [3.63, 3.8) is 0 Å². The molecule has 0 radical (unpaired) electrons. The molecule has 0 heteroatoms. The molecule has 7 atom stereocenters. The lowest BCUT2D eigenvalue weighted by atomic mass is 9.47. The second-order valence-electron chi connectivity index (χ2n) is 12.8. The van der Waals surface area contributed by atoms with Crippen LogP contribution in [0.5, 0.6) is 0 Å². The van der Waals surface area contributed by atoms with E-state index in [1.54, 1.807) is 0 Å². The standard InChI is InChI=1S/C28H48/c1-7-26(3,4)16-8-9-21-11-13-24-23-12-10-22-19-20(2)14-17-28(22,6)25(23)15-18-27(21,24)5/h10,20-21,23-25H,7-9,11-19H2,1-6H3. The second-order valence-corrected chi connectivity index (χ2v) is 12.8. The molecule has 3 fully saturated rings. The summed E-state index contributed by atoms with van der Waals surface area (Å²) in [6.07, 6.45) is 20.3. The lowest BCUT2D eigenvalue weighted by molar-refractivity contribution is -0.0453. The van der Waals surface area contributed by atoms with Crippen LogP contribution in [0.1, 0.15) is 119 Å². The Hall–Kier alpha value is -0.260. The van der Waals surface area contributed by atoms with Gasteiger partial charge in [-0.1, -0.05) is 66.0 Å². The average molecular weight is 385 g/mol. The van der Waals surface area contributed by atoms with Crippen LogP contribution in [0.3, 0.4) is 0 Å². The van der Waals surface area contributed by atoms with E-state index in [1.807, 2.05) is 5.57 Å². The quantitative estimate of drug-likeness (QED) is 0.415. The molecular formula is C28H48. The molecule has 4 aliphatic rings. The molecule has 0 aliphatic heterocycles. The third-order valence-electron chi connectivity index (χ3n) is 10.9. The lowest BCUT2D eigenvalue weighted by Crippen LogP contribution is -2.49. The van der Waals surface area contributed by atoms with Gasteiger partial charge < -0.3 is 0 Å². The van der Waals surface area contributed by atoms with Crippen LogP contribution in [0.15, 0.2) is 11.6 Å². The van der Waals surface area contributed by atoms with Crippen molar-refractivity contribution in [3.8, 4) is 0 Å². The predicted octanol–water partition coefficient (Wildman–Crippen LogP) is 8.81. The molecule has 0 heterocycles. The number of hydrogen-bond donors (Lipinski definition) is 0. The number of rotatable bonds is 5. The van der Waals surface area contributed by atoms with Crippen molar-refractivity contribution in [2.24, 2.45) is 45.8 Å². The summed E-state index contributed by atoms with van der Waals surface area (Å²) in [7, 11) is 0. The Bertz CT molecular complexity index is 597. The molecule has 160 valence electrons. The molecule has 0 bridgehead atoms. The van der Waals surface area contributed by atoms with E-state index in [2.05, 4.69) is 47.6 Å². The number of fused-ring (bicyclic) bond motifs is 5. The van der Waals surface area contributed by atoms with Gasteiger partial charge in [-0.2, -0.15) is 0 Å². The summed E-state index contributed by atoms with van der Waals surface area (Å²) in [5, 5.41) is 0. The Morgan fingerprint density at radius 1 is 1.04 bits per heavy atom. The van der Waals surface area contributed by atoms with Gasteiger partial charge in [-0.3, -0.25) is 0 Å². The third-order valence-corrected chi connectivity index (χ3v) is 10.9. The Labute approximate surface area is 176 Å². The van der Waals surface area contributed by atoms with Gasteiger partial charge in [0.05, 0.1) is 0 Å². The van der Waals surface area contributed by atoms with Gasteiger partial charge >= 0.3 is 0 Å². The van der Waals surface area contributed by atoms with E-state index < -0.39 is 0 Å². The van der Waals surface area contributed by atoms with E-state index in [9.17, 15) is 0 Å². The minimum atomic E-state index is 0.549. The summed E-state index contributed by atoms with van der Waals surface area (Å²) in [6.45, 7) is 15.2. The van der Waals surface area contributed by atoms with Gasteiger partial charge in [0, 0.05) is 0 Å². The van der Waals surface area contributed by atoms with Crippen molar-refractivity contribution < 1.29 is 0 Å². The molecule has 0 nitrogen and oxygen atoms in total. The fourth-order valence-corrected chi connectivity index (χ4v) is 8.43. The maximum atomic E-state index is 2.75. The third kappa shape index (κ3) is 3.43. The molecule has 0 aromatic carbocycles. The smallest absolute Gasteiger partial charge is 0.00851 e. The van der Waals surface area contributed by atoms with Crippen LogP contribution >= 0.6 is 0 Å². The van der Waals surface area contributed by atoms with Crippen LogP contribution in [-0.2, 0) is 0 Å². The SMILES string of the molecule is CCC(C)(C)CCCC1CCC2C3CC=C4CC(C)CCC4(C)C3CCC12C. The van der Waals surface area contributed by atoms with Crippen LogP contribution in [0.2, 0.25) is 0 Å². The van der Waals surface area contributed by atoms with Crippen LogP contribution < -0.4 is 0 Å². The van der Waals surface area contributed by atoms with Gasteiger partial charge in [-0.25, -0.2) is 0 Å². The van der Waals surface area contributed by atoms with E-state index in [4.69, 9.17) is 0 Å². The van der Waals surface area contributed by atoms with Gasteiger partial charge in [0.2, 0.25) is 0 Å². The molecule has 4 rings (SSSR count). The van der Waals surface area contributed by atoms with Crippen LogP contribution in [0.25, 0.3) is 0 Å². The molecule has 4 aliphatic carbocycles. The molecule has 0 saturated heterocycles. The summed E-state index contributed by atoms with van der Waals surface area (Å²) in [6, 6.07) is 0. The van der Waals surface area contributed by atoms with Crippen LogP contribution in [-0.4, -0.2) is 0 Å². The maximum absolute atomic E-state index is 2.75. The van der Waals surface area contributed by atoms with E-state index in [0.29, 0.717) is 16.2 Å². The zero-order chi connectivity index (χ0) is 20.2. The number of hydrogen-bond acceptors (Lipinski definition) is 0. The van der Waals surface area contributed by atoms with E-state index in [-0.39, 0.29) is 0 Å². The lowest BCUT2D eigenvalue weighted by Gasteiger charge is -2.58. The topological polar surface area (TPSA) is 0 Å². The molecular weight excluding hydrogens is 336 g/mol. The number of allylic oxidation sites excluding steroid dienone is 2. The molecule has 0 spiro atoms. The summed E-state index contributed by atoms with van der Waals surface area (Å²) in [5.41, 5.74) is 3.63. The highest BCUT2D eigenvalue weighted by Gasteiger charge is 2.58. The van der Waals surface area contributed by atoms with Crippen LogP contribution in [0.4, 0.5) is 0 Å². The van der Waals surface area contributed by atoms with Gasteiger partial charge in [0.25, 0.3) is 0 Å². The summed E-state index contributed by atoms with van der Waals surface area (Å²) in [5.74, 6) is 4.95. The predicted molar refractivity (Wildman–Crippen MR) is 122 cm³/mol. The first-order valence-corrected chi connectivity index (χ1v) is 12.9. The zero-order valence-corrected chi connectivity index (χ0v) is 19.9. The van der Waals surface area contributed by atoms with E-state index in [0.717, 1.165) is 29.6 Å². The highest BCUT2D eigenvalue weighted by atomic mass is 14.6. The normalized spacial score (nSPS) is 45.8. The largest absolute Gasteiger partial charge is 0.0845 e. The van der Waals surface area contributed by atoms with Crippen molar-refractivity contribution >= 4 is 0 Å². The van der Waals surface area contributed by atoms with Crippen molar-refractivity contribution in [3.05, 3.63) is 11.6 Å². The monoisotopic (exact) mass is 384 g/mol. The fraction of sp³-hybridized carbons (Fsp3) is 0.929. The summed E-state index contributed by atoms with van der Waals surface area (Å²) < 4.78 is 0. The van der Waals surface area contributed by atoms with Crippen molar-refractivity contribution in [1.29, 1.82) is 0 Å². The highest BCUT2D eigenvalue weighted by Crippen LogP contribution is 2.67. The van der Waals surface area contributed by atoms with Crippen molar-refractivity contribution in [1.82, 2.24) is 0 Å². The van der Waals surface area contributed by atoms with Crippen molar-refractivity contribution in [2.45, 2.75) is 119 Å². The van der Waals surface area contributed by atoms with E-state index >= 15 is 0 Å². The average Bonchev–Trinajstić information content (AvgIpc) is 2.99. The first-order valence-electron chi connectivity index (χ1n) is 12.9.